The van der Waals surface area contributed by atoms with Crippen molar-refractivity contribution in [3.8, 4) is 0 Å². The Labute approximate surface area is 187 Å². The number of benzene rings is 1. The standard InChI is InChI=1S/C24H30N4O2S/c1-6-28(7-2)15-10-8-14(9-11-15)18-19-16(12-24(3,4)13-17(19)29)25-21-20(18)22(30)27-23(26-21)31-5/h8-11,18H,6-7,12-13H2,1-5H3,(H2,25,26,27,30)/t18-/m0/s1. The first-order chi connectivity index (χ1) is 14.8. The number of hydrogen-bond acceptors (Lipinski definition) is 6. The minimum absolute atomic E-state index is 0.107. The molecule has 1 aliphatic carbocycles. The van der Waals surface area contributed by atoms with Crippen LogP contribution in [-0.2, 0) is 4.79 Å². The minimum Gasteiger partial charge on any atom is -0.372 e. The number of anilines is 2. The van der Waals surface area contributed by atoms with Crippen molar-refractivity contribution in [2.45, 2.75) is 51.6 Å². The van der Waals surface area contributed by atoms with E-state index in [0.29, 0.717) is 28.5 Å². The number of nitrogens with zero attached hydrogens (tertiary/aromatic N) is 2. The summed E-state index contributed by atoms with van der Waals surface area (Å²) in [6.07, 6.45) is 3.12. The van der Waals surface area contributed by atoms with Gasteiger partial charge in [0.05, 0.1) is 5.56 Å². The molecule has 0 saturated carbocycles. The van der Waals surface area contributed by atoms with Crippen molar-refractivity contribution in [1.82, 2.24) is 9.97 Å². The van der Waals surface area contributed by atoms with Crippen LogP contribution < -0.4 is 15.8 Å². The third-order valence-electron chi connectivity index (χ3n) is 6.25. The number of Topliss-reactive ketones (excluding diaryl/α,β-unsaturated/α-hetero) is 1. The van der Waals surface area contributed by atoms with E-state index in [1.807, 2.05) is 18.4 Å². The largest absolute Gasteiger partial charge is 0.372 e. The lowest BCUT2D eigenvalue weighted by Crippen LogP contribution is -2.37. The van der Waals surface area contributed by atoms with Crippen molar-refractivity contribution in [1.29, 1.82) is 0 Å². The molecule has 2 heterocycles. The number of carbonyl (C=O) groups is 1. The van der Waals surface area contributed by atoms with E-state index in [4.69, 9.17) is 0 Å². The van der Waals surface area contributed by atoms with Crippen LogP contribution in [0.2, 0.25) is 0 Å². The Morgan fingerprint density at radius 2 is 1.81 bits per heavy atom. The Bertz CT molecular complexity index is 1100. The van der Waals surface area contributed by atoms with Gasteiger partial charge >= 0.3 is 0 Å². The summed E-state index contributed by atoms with van der Waals surface area (Å²) >= 11 is 1.40. The Morgan fingerprint density at radius 1 is 1.13 bits per heavy atom. The Balaban J connectivity index is 1.89. The summed E-state index contributed by atoms with van der Waals surface area (Å²) in [5, 5.41) is 3.92. The van der Waals surface area contributed by atoms with Crippen molar-refractivity contribution in [2.75, 3.05) is 29.6 Å². The maximum atomic E-state index is 13.3. The number of nitrogens with one attached hydrogen (secondary N) is 2. The zero-order valence-electron chi connectivity index (χ0n) is 18.8. The van der Waals surface area contributed by atoms with Crippen LogP contribution in [0.25, 0.3) is 0 Å². The lowest BCUT2D eigenvalue weighted by molar-refractivity contribution is -0.118. The molecule has 0 spiro atoms. The predicted molar refractivity (Wildman–Crippen MR) is 127 cm³/mol. The first kappa shape index (κ1) is 21.7. The molecule has 0 unspecified atom stereocenters. The summed E-state index contributed by atoms with van der Waals surface area (Å²) in [5.41, 5.74) is 3.91. The van der Waals surface area contributed by atoms with Crippen molar-refractivity contribution < 1.29 is 4.79 Å². The van der Waals surface area contributed by atoms with E-state index < -0.39 is 5.92 Å². The number of carbonyl (C=O) groups excluding carboxylic acids is 1. The fourth-order valence-corrected chi connectivity index (χ4v) is 5.17. The van der Waals surface area contributed by atoms with Gasteiger partial charge in [-0.1, -0.05) is 37.7 Å². The van der Waals surface area contributed by atoms with Crippen LogP contribution in [0.15, 0.2) is 45.5 Å². The van der Waals surface area contributed by atoms with E-state index in [9.17, 15) is 9.59 Å². The third-order valence-corrected chi connectivity index (χ3v) is 6.83. The minimum atomic E-state index is -0.409. The van der Waals surface area contributed by atoms with Crippen molar-refractivity contribution in [2.24, 2.45) is 5.41 Å². The maximum absolute atomic E-state index is 13.3. The van der Waals surface area contributed by atoms with Crippen LogP contribution in [0.1, 0.15) is 57.6 Å². The number of fused-ring (bicyclic) bond motifs is 1. The first-order valence-electron chi connectivity index (χ1n) is 10.8. The number of rotatable bonds is 5. The zero-order chi connectivity index (χ0) is 22.3. The number of ketones is 1. The van der Waals surface area contributed by atoms with Crippen molar-refractivity contribution >= 4 is 29.1 Å². The van der Waals surface area contributed by atoms with E-state index in [0.717, 1.165) is 36.5 Å². The van der Waals surface area contributed by atoms with Gasteiger partial charge in [-0.25, -0.2) is 4.98 Å². The van der Waals surface area contributed by atoms with Crippen LogP contribution in [-0.4, -0.2) is 35.1 Å². The SMILES string of the molecule is CCN(CC)c1ccc([C@H]2C3=C(CC(C)(C)CC3=O)Nc3nc(SC)[nH]c(=O)c32)cc1. The molecule has 164 valence electrons. The highest BCUT2D eigenvalue weighted by Crippen LogP contribution is 2.47. The van der Waals surface area contributed by atoms with Crippen LogP contribution in [0.5, 0.6) is 0 Å². The fraction of sp³-hybridized carbons (Fsp3) is 0.458. The average Bonchev–Trinajstić information content (AvgIpc) is 2.72. The molecule has 0 fully saturated rings. The number of hydrogen-bond donors (Lipinski definition) is 2. The molecule has 1 atom stereocenters. The summed E-state index contributed by atoms with van der Waals surface area (Å²) in [7, 11) is 0. The molecule has 0 radical (unpaired) electrons. The first-order valence-corrected chi connectivity index (χ1v) is 12.1. The molecule has 31 heavy (non-hydrogen) atoms. The summed E-state index contributed by atoms with van der Waals surface area (Å²) in [6.45, 7) is 10.3. The Morgan fingerprint density at radius 3 is 2.42 bits per heavy atom. The number of H-pyrrole nitrogens is 1. The molecular weight excluding hydrogens is 408 g/mol. The lowest BCUT2D eigenvalue weighted by atomic mass is 9.69. The Hall–Kier alpha value is -2.54. The molecule has 1 aromatic heterocycles. The van der Waals surface area contributed by atoms with E-state index in [1.165, 1.54) is 11.8 Å². The van der Waals surface area contributed by atoms with E-state index in [2.05, 4.69) is 60.0 Å². The third kappa shape index (κ3) is 3.91. The second-order valence-electron chi connectivity index (χ2n) is 8.99. The topological polar surface area (TPSA) is 78.1 Å². The molecule has 4 rings (SSSR count). The maximum Gasteiger partial charge on any atom is 0.257 e. The second-order valence-corrected chi connectivity index (χ2v) is 9.79. The molecule has 7 heteroatoms. The molecular formula is C24H30N4O2S. The van der Waals surface area contributed by atoms with Gasteiger partial charge in [0.15, 0.2) is 10.9 Å². The predicted octanol–water partition coefficient (Wildman–Crippen LogP) is 4.54. The summed E-state index contributed by atoms with van der Waals surface area (Å²) in [6, 6.07) is 8.26. The van der Waals surface area contributed by atoms with Gasteiger partial charge in [-0.2, -0.15) is 0 Å². The quantitative estimate of drug-likeness (QED) is 0.527. The lowest BCUT2D eigenvalue weighted by Gasteiger charge is -2.38. The van der Waals surface area contributed by atoms with Gasteiger partial charge < -0.3 is 15.2 Å². The zero-order valence-corrected chi connectivity index (χ0v) is 19.7. The molecule has 1 aliphatic heterocycles. The monoisotopic (exact) mass is 438 g/mol. The average molecular weight is 439 g/mol. The molecule has 0 saturated heterocycles. The molecule has 1 aromatic carbocycles. The van der Waals surface area contributed by atoms with Gasteiger partial charge in [-0.3, -0.25) is 9.59 Å². The van der Waals surface area contributed by atoms with Gasteiger partial charge in [0.1, 0.15) is 5.82 Å². The molecule has 2 aromatic rings. The van der Waals surface area contributed by atoms with Gasteiger partial charge in [-0.05, 0) is 49.6 Å². The highest BCUT2D eigenvalue weighted by molar-refractivity contribution is 7.98. The Kier molecular flexibility index (Phi) is 5.73. The summed E-state index contributed by atoms with van der Waals surface area (Å²) in [4.78, 5) is 36.2. The van der Waals surface area contributed by atoms with Gasteiger partial charge in [0, 0.05) is 42.4 Å². The van der Waals surface area contributed by atoms with Crippen LogP contribution in [0.3, 0.4) is 0 Å². The smallest absolute Gasteiger partial charge is 0.257 e. The van der Waals surface area contributed by atoms with Crippen LogP contribution in [0, 0.1) is 5.41 Å². The number of allylic oxidation sites excluding steroid dienone is 2. The number of aromatic amines is 1. The van der Waals surface area contributed by atoms with Crippen LogP contribution >= 0.6 is 11.8 Å². The molecule has 2 N–H and O–H groups in total. The number of aromatic nitrogens is 2. The highest BCUT2D eigenvalue weighted by Gasteiger charge is 2.42. The van der Waals surface area contributed by atoms with Gasteiger partial charge in [-0.15, -0.1) is 0 Å². The molecule has 0 bridgehead atoms. The normalized spacial score (nSPS) is 19.5. The second kappa shape index (κ2) is 8.19. The summed E-state index contributed by atoms with van der Waals surface area (Å²) < 4.78 is 0. The van der Waals surface area contributed by atoms with E-state index >= 15 is 0 Å². The van der Waals surface area contributed by atoms with Gasteiger partial charge in [0.2, 0.25) is 0 Å². The molecule has 0 amide bonds. The van der Waals surface area contributed by atoms with Gasteiger partial charge in [0.25, 0.3) is 5.56 Å². The highest BCUT2D eigenvalue weighted by atomic mass is 32.2. The van der Waals surface area contributed by atoms with Crippen molar-refractivity contribution in [3.63, 3.8) is 0 Å². The van der Waals surface area contributed by atoms with Crippen molar-refractivity contribution in [3.05, 3.63) is 57.0 Å². The van der Waals surface area contributed by atoms with Crippen LogP contribution in [0.4, 0.5) is 11.5 Å². The van der Waals surface area contributed by atoms with E-state index in [-0.39, 0.29) is 16.8 Å². The number of thioether (sulfide) groups is 1. The van der Waals surface area contributed by atoms with E-state index in [1.54, 1.807) is 0 Å². The molecule has 6 nitrogen and oxygen atoms in total. The summed E-state index contributed by atoms with van der Waals surface area (Å²) in [5.74, 6) is 0.262. The fourth-order valence-electron chi connectivity index (χ4n) is 4.79. The molecule has 2 aliphatic rings.